The highest BCUT2D eigenvalue weighted by molar-refractivity contribution is 9.25. The summed E-state index contributed by atoms with van der Waals surface area (Å²) >= 11 is 12.7. The summed E-state index contributed by atoms with van der Waals surface area (Å²) in [6, 6.07) is 13.7. The van der Waals surface area contributed by atoms with Gasteiger partial charge in [-0.1, -0.05) is 75.9 Å². The average molecular weight is 570 g/mol. The molecule has 0 atom stereocenters. The molecule has 0 N–H and O–H groups in total. The average Bonchev–Trinajstić information content (AvgIpc) is 2.54. The first kappa shape index (κ1) is 18.8. The predicted molar refractivity (Wildman–Crippen MR) is 105 cm³/mol. The maximum Gasteiger partial charge on any atom is 0.187 e. The van der Waals surface area contributed by atoms with Gasteiger partial charge >= 0.3 is 0 Å². The van der Waals surface area contributed by atoms with Crippen LogP contribution in [0.2, 0.25) is 0 Å². The molecule has 2 rings (SSSR count). The van der Waals surface area contributed by atoms with Crippen molar-refractivity contribution in [3.05, 3.63) is 59.7 Å². The summed E-state index contributed by atoms with van der Waals surface area (Å²) in [6.45, 7) is 0. The SMILES string of the molecule is O=C(c1ccc(Oc2cccc(C(=O)C(Br)Br)c2)cc1)C(Br)Br. The summed E-state index contributed by atoms with van der Waals surface area (Å²) in [5, 5.41) is 0. The van der Waals surface area contributed by atoms with Crippen LogP contribution in [-0.4, -0.2) is 19.0 Å². The summed E-state index contributed by atoms with van der Waals surface area (Å²) in [5.74, 6) is 0.984. The number of alkyl halides is 4. The number of hydrogen-bond acceptors (Lipinski definition) is 3. The summed E-state index contributed by atoms with van der Waals surface area (Å²) in [7, 11) is 0. The maximum atomic E-state index is 11.9. The zero-order valence-corrected chi connectivity index (χ0v) is 17.9. The van der Waals surface area contributed by atoms with Crippen LogP contribution in [0, 0.1) is 0 Å². The topological polar surface area (TPSA) is 43.4 Å². The first-order valence-electron chi connectivity index (χ1n) is 6.41. The predicted octanol–water partition coefficient (Wildman–Crippen LogP) is 6.08. The van der Waals surface area contributed by atoms with Gasteiger partial charge in [-0.15, -0.1) is 0 Å². The molecule has 3 nitrogen and oxygen atoms in total. The Kier molecular flexibility index (Phi) is 7.00. The van der Waals surface area contributed by atoms with Gasteiger partial charge < -0.3 is 4.74 Å². The first-order chi connectivity index (χ1) is 10.9. The smallest absolute Gasteiger partial charge is 0.187 e. The Hall–Kier alpha value is -0.500. The molecule has 0 aliphatic heterocycles. The highest BCUT2D eigenvalue weighted by Gasteiger charge is 2.15. The monoisotopic (exact) mass is 566 g/mol. The van der Waals surface area contributed by atoms with E-state index in [2.05, 4.69) is 63.7 Å². The molecule has 0 radical (unpaired) electrons. The van der Waals surface area contributed by atoms with E-state index >= 15 is 0 Å². The van der Waals surface area contributed by atoms with E-state index in [-0.39, 0.29) is 11.6 Å². The van der Waals surface area contributed by atoms with Crippen molar-refractivity contribution in [1.82, 2.24) is 0 Å². The minimum Gasteiger partial charge on any atom is -0.457 e. The van der Waals surface area contributed by atoms with Crippen LogP contribution in [0.1, 0.15) is 20.7 Å². The Morgan fingerprint density at radius 3 is 1.87 bits per heavy atom. The molecule has 0 saturated heterocycles. The number of rotatable bonds is 6. The molecule has 2 aromatic carbocycles. The van der Waals surface area contributed by atoms with E-state index in [0.717, 1.165) is 0 Å². The molecule has 120 valence electrons. The Balaban J connectivity index is 2.15. The second-order valence-electron chi connectivity index (χ2n) is 4.48. The molecule has 0 heterocycles. The Labute approximate surface area is 167 Å². The van der Waals surface area contributed by atoms with Crippen molar-refractivity contribution < 1.29 is 14.3 Å². The van der Waals surface area contributed by atoms with E-state index < -0.39 is 7.47 Å². The molecule has 2 aromatic rings. The lowest BCUT2D eigenvalue weighted by molar-refractivity contribution is 0.100. The molecule has 0 spiro atoms. The molecule has 0 saturated carbocycles. The fourth-order valence-electron chi connectivity index (χ4n) is 1.79. The molecule has 0 fully saturated rings. The lowest BCUT2D eigenvalue weighted by Gasteiger charge is -2.09. The second kappa shape index (κ2) is 8.55. The van der Waals surface area contributed by atoms with Gasteiger partial charge in [0.1, 0.15) is 19.0 Å². The van der Waals surface area contributed by atoms with E-state index in [1.54, 1.807) is 48.5 Å². The van der Waals surface area contributed by atoms with Crippen LogP contribution in [0.15, 0.2) is 48.5 Å². The summed E-state index contributed by atoms with van der Waals surface area (Å²) in [5.41, 5.74) is 1.11. The number of benzene rings is 2. The number of Topliss-reactive ketones (excluding diaryl/α,β-unsaturated/α-hetero) is 2. The van der Waals surface area contributed by atoms with Gasteiger partial charge in [0.05, 0.1) is 0 Å². The quantitative estimate of drug-likeness (QED) is 0.313. The number of ketones is 2. The van der Waals surface area contributed by atoms with Crippen LogP contribution in [0.5, 0.6) is 11.5 Å². The molecular formula is C16H10Br4O3. The summed E-state index contributed by atoms with van der Waals surface area (Å²) in [4.78, 5) is 23.8. The fourth-order valence-corrected chi connectivity index (χ4v) is 2.85. The molecule has 7 heteroatoms. The minimum atomic E-state index is -0.433. The number of hydrogen-bond donors (Lipinski definition) is 0. The standard InChI is InChI=1S/C16H10Br4O3/c17-15(18)13(21)9-4-6-11(7-5-9)23-12-3-1-2-10(8-12)14(22)16(19)20/h1-8,15-16H. The molecule has 0 unspecified atom stereocenters. The molecule has 23 heavy (non-hydrogen) atoms. The molecule has 0 aliphatic rings. The number of carbonyl (C=O) groups excluding carboxylic acids is 2. The van der Waals surface area contributed by atoms with Gasteiger partial charge in [-0.3, -0.25) is 9.59 Å². The fraction of sp³-hybridized carbons (Fsp3) is 0.125. The lowest BCUT2D eigenvalue weighted by Crippen LogP contribution is -2.07. The van der Waals surface area contributed by atoms with E-state index in [4.69, 9.17) is 4.74 Å². The van der Waals surface area contributed by atoms with Crippen molar-refractivity contribution in [2.24, 2.45) is 0 Å². The first-order valence-corrected chi connectivity index (χ1v) is 10.1. The third-order valence-electron chi connectivity index (χ3n) is 2.89. The molecular weight excluding hydrogens is 560 g/mol. The molecule has 0 aromatic heterocycles. The summed E-state index contributed by atoms with van der Waals surface area (Å²) < 4.78 is 4.88. The third kappa shape index (κ3) is 5.24. The van der Waals surface area contributed by atoms with Gasteiger partial charge in [0.15, 0.2) is 11.6 Å². The molecule has 0 aliphatic carbocycles. The van der Waals surface area contributed by atoms with Crippen molar-refractivity contribution in [3.8, 4) is 11.5 Å². The number of ether oxygens (including phenoxy) is 1. The van der Waals surface area contributed by atoms with Gasteiger partial charge in [-0.2, -0.15) is 0 Å². The van der Waals surface area contributed by atoms with Crippen LogP contribution >= 0.6 is 63.7 Å². The summed E-state index contributed by atoms with van der Waals surface area (Å²) in [6.07, 6.45) is 0. The van der Waals surface area contributed by atoms with E-state index in [1.165, 1.54) is 0 Å². The second-order valence-corrected chi connectivity index (χ2v) is 10.6. The van der Waals surface area contributed by atoms with Crippen molar-refractivity contribution in [2.45, 2.75) is 7.47 Å². The molecule has 0 bridgehead atoms. The van der Waals surface area contributed by atoms with Gasteiger partial charge in [-0.05, 0) is 36.4 Å². The van der Waals surface area contributed by atoms with E-state index in [0.29, 0.717) is 22.6 Å². The van der Waals surface area contributed by atoms with Gasteiger partial charge in [0.2, 0.25) is 0 Å². The van der Waals surface area contributed by atoms with Gasteiger partial charge in [0.25, 0.3) is 0 Å². The van der Waals surface area contributed by atoms with E-state index in [9.17, 15) is 9.59 Å². The third-order valence-corrected chi connectivity index (χ3v) is 4.55. The van der Waals surface area contributed by atoms with Gasteiger partial charge in [0, 0.05) is 11.1 Å². The largest absolute Gasteiger partial charge is 0.457 e. The normalized spacial score (nSPS) is 10.9. The maximum absolute atomic E-state index is 11.9. The van der Waals surface area contributed by atoms with Crippen molar-refractivity contribution in [1.29, 1.82) is 0 Å². The Morgan fingerprint density at radius 1 is 0.739 bits per heavy atom. The Bertz CT molecular complexity index is 712. The van der Waals surface area contributed by atoms with Crippen molar-refractivity contribution in [3.63, 3.8) is 0 Å². The highest BCUT2D eigenvalue weighted by Crippen LogP contribution is 2.25. The van der Waals surface area contributed by atoms with Crippen molar-refractivity contribution in [2.75, 3.05) is 0 Å². The van der Waals surface area contributed by atoms with Crippen LogP contribution in [0.3, 0.4) is 0 Å². The highest BCUT2D eigenvalue weighted by atomic mass is 79.9. The van der Waals surface area contributed by atoms with Crippen molar-refractivity contribution >= 4 is 75.3 Å². The van der Waals surface area contributed by atoms with E-state index in [1.807, 2.05) is 0 Å². The minimum absolute atomic E-state index is 0.0650. The lowest BCUT2D eigenvalue weighted by atomic mass is 10.1. The van der Waals surface area contributed by atoms with Crippen LogP contribution in [0.25, 0.3) is 0 Å². The number of carbonyl (C=O) groups is 2. The van der Waals surface area contributed by atoms with Crippen LogP contribution < -0.4 is 4.74 Å². The van der Waals surface area contributed by atoms with Gasteiger partial charge in [-0.25, -0.2) is 0 Å². The van der Waals surface area contributed by atoms with Crippen LogP contribution in [0.4, 0.5) is 0 Å². The molecule has 0 amide bonds. The Morgan fingerprint density at radius 2 is 1.30 bits per heavy atom. The number of halogens is 4. The zero-order valence-electron chi connectivity index (χ0n) is 11.5. The van der Waals surface area contributed by atoms with Crippen LogP contribution in [-0.2, 0) is 0 Å². The zero-order chi connectivity index (χ0) is 17.0.